The highest BCUT2D eigenvalue weighted by Crippen LogP contribution is 2.36. The van der Waals surface area contributed by atoms with Crippen LogP contribution in [-0.2, 0) is 9.59 Å². The van der Waals surface area contributed by atoms with Crippen molar-refractivity contribution in [3.63, 3.8) is 0 Å². The van der Waals surface area contributed by atoms with Crippen molar-refractivity contribution in [1.29, 1.82) is 0 Å². The van der Waals surface area contributed by atoms with Crippen molar-refractivity contribution in [3.05, 3.63) is 90.5 Å². The molecule has 0 aliphatic rings. The molecule has 0 heterocycles. The fraction of sp³-hybridized carbons (Fsp3) is 0.167. The Balaban J connectivity index is 1.69. The number of carbonyl (C=O) groups excluding carboxylic acids is 2. The Hall–Kier alpha value is -3.25. The van der Waals surface area contributed by atoms with Crippen molar-refractivity contribution in [2.24, 2.45) is 0 Å². The summed E-state index contributed by atoms with van der Waals surface area (Å²) in [4.78, 5) is 28.1. The summed E-state index contributed by atoms with van der Waals surface area (Å²) in [6.07, 6.45) is 0. The number of ether oxygens (including phenoxy) is 1. The quantitative estimate of drug-likeness (QED) is 0.540. The summed E-state index contributed by atoms with van der Waals surface area (Å²) in [5.74, 6) is 0.330. The van der Waals surface area contributed by atoms with E-state index in [-0.39, 0.29) is 18.4 Å². The van der Waals surface area contributed by atoms with E-state index in [0.29, 0.717) is 11.4 Å². The van der Waals surface area contributed by atoms with Crippen LogP contribution >= 0.6 is 11.8 Å². The molecule has 0 bridgehead atoms. The number of hydrogen-bond donors (Lipinski definition) is 1. The lowest BCUT2D eigenvalue weighted by Gasteiger charge is -2.23. The Morgan fingerprint density at radius 2 is 1.53 bits per heavy atom. The molecule has 3 aromatic rings. The molecule has 0 saturated carbocycles. The van der Waals surface area contributed by atoms with E-state index in [1.807, 2.05) is 60.7 Å². The lowest BCUT2D eigenvalue weighted by molar-refractivity contribution is -0.132. The normalized spacial score (nSPS) is 11.4. The Labute approximate surface area is 181 Å². The standard InChI is InChI=1S/C24H24N2O3S/c1-26(17-22(27)25-19-13-15-20(29-2)16-14-19)24(28)23(18-9-5-3-6-10-18)30-21-11-7-4-8-12-21/h3-16,23H,17H2,1-2H3,(H,25,27)/t23-/m1/s1. The highest BCUT2D eigenvalue weighted by Gasteiger charge is 2.26. The number of anilines is 1. The van der Waals surface area contributed by atoms with Gasteiger partial charge in [0.2, 0.25) is 11.8 Å². The molecule has 0 unspecified atom stereocenters. The van der Waals surface area contributed by atoms with E-state index in [0.717, 1.165) is 10.5 Å². The van der Waals surface area contributed by atoms with E-state index in [2.05, 4.69) is 5.32 Å². The van der Waals surface area contributed by atoms with Crippen molar-refractivity contribution >= 4 is 29.3 Å². The van der Waals surface area contributed by atoms with Crippen LogP contribution in [0, 0.1) is 0 Å². The lowest BCUT2D eigenvalue weighted by atomic mass is 10.1. The van der Waals surface area contributed by atoms with Crippen LogP contribution in [0.3, 0.4) is 0 Å². The van der Waals surface area contributed by atoms with Gasteiger partial charge in [0.1, 0.15) is 11.0 Å². The second-order valence-electron chi connectivity index (χ2n) is 6.69. The highest BCUT2D eigenvalue weighted by molar-refractivity contribution is 8.00. The molecular formula is C24H24N2O3S. The smallest absolute Gasteiger partial charge is 0.243 e. The first-order chi connectivity index (χ1) is 14.6. The first kappa shape index (κ1) is 21.5. The molecule has 6 heteroatoms. The van der Waals surface area contributed by atoms with Gasteiger partial charge in [-0.2, -0.15) is 0 Å². The molecule has 3 aromatic carbocycles. The number of hydrogen-bond acceptors (Lipinski definition) is 4. The molecule has 154 valence electrons. The van der Waals surface area contributed by atoms with Gasteiger partial charge in [0.05, 0.1) is 13.7 Å². The zero-order valence-corrected chi connectivity index (χ0v) is 17.8. The summed E-state index contributed by atoms with van der Waals surface area (Å²) in [5.41, 5.74) is 1.55. The van der Waals surface area contributed by atoms with Crippen molar-refractivity contribution in [2.45, 2.75) is 10.1 Å². The van der Waals surface area contributed by atoms with Gasteiger partial charge >= 0.3 is 0 Å². The number of carbonyl (C=O) groups is 2. The third-order valence-corrected chi connectivity index (χ3v) is 5.71. The maximum Gasteiger partial charge on any atom is 0.243 e. The van der Waals surface area contributed by atoms with Gasteiger partial charge in [0.25, 0.3) is 0 Å². The molecule has 2 amide bonds. The maximum atomic E-state index is 13.2. The van der Waals surface area contributed by atoms with Crippen molar-refractivity contribution < 1.29 is 14.3 Å². The highest BCUT2D eigenvalue weighted by atomic mass is 32.2. The van der Waals surface area contributed by atoms with Gasteiger partial charge < -0.3 is 15.0 Å². The van der Waals surface area contributed by atoms with Crippen LogP contribution in [0.4, 0.5) is 5.69 Å². The molecule has 0 aliphatic heterocycles. The zero-order chi connectivity index (χ0) is 21.3. The van der Waals surface area contributed by atoms with Gasteiger partial charge in [-0.25, -0.2) is 0 Å². The summed E-state index contributed by atoms with van der Waals surface area (Å²) in [5, 5.41) is 2.37. The second-order valence-corrected chi connectivity index (χ2v) is 7.87. The Bertz CT molecular complexity index is 963. The van der Waals surface area contributed by atoms with E-state index >= 15 is 0 Å². The number of benzene rings is 3. The monoisotopic (exact) mass is 420 g/mol. The van der Waals surface area contributed by atoms with Gasteiger partial charge in [-0.15, -0.1) is 11.8 Å². The minimum Gasteiger partial charge on any atom is -0.497 e. The summed E-state index contributed by atoms with van der Waals surface area (Å²) in [6.45, 7) is -0.0381. The molecule has 0 fully saturated rings. The summed E-state index contributed by atoms with van der Waals surface area (Å²) in [7, 11) is 3.24. The fourth-order valence-electron chi connectivity index (χ4n) is 2.89. The number of rotatable bonds is 8. The number of nitrogens with zero attached hydrogens (tertiary/aromatic N) is 1. The topological polar surface area (TPSA) is 58.6 Å². The van der Waals surface area contributed by atoms with Crippen molar-refractivity contribution in [1.82, 2.24) is 4.90 Å². The molecule has 0 saturated heterocycles. The van der Waals surface area contributed by atoms with Crippen LogP contribution in [0.15, 0.2) is 89.8 Å². The van der Waals surface area contributed by atoms with Crippen LogP contribution in [0.25, 0.3) is 0 Å². The average Bonchev–Trinajstić information content (AvgIpc) is 2.78. The van der Waals surface area contributed by atoms with Crippen LogP contribution in [0.5, 0.6) is 5.75 Å². The van der Waals surface area contributed by atoms with Gasteiger partial charge in [0.15, 0.2) is 0 Å². The summed E-state index contributed by atoms with van der Waals surface area (Å²) in [6, 6.07) is 26.5. The Kier molecular flexibility index (Phi) is 7.51. The Morgan fingerprint density at radius 1 is 0.933 bits per heavy atom. The summed E-state index contributed by atoms with van der Waals surface area (Å²) < 4.78 is 5.12. The minimum atomic E-state index is -0.438. The summed E-state index contributed by atoms with van der Waals surface area (Å²) >= 11 is 1.48. The molecule has 5 nitrogen and oxygen atoms in total. The minimum absolute atomic E-state index is 0.0381. The van der Waals surface area contributed by atoms with Gasteiger partial charge in [-0.05, 0) is 42.0 Å². The molecule has 1 N–H and O–H groups in total. The molecule has 0 aliphatic carbocycles. The van der Waals surface area contributed by atoms with E-state index in [1.165, 1.54) is 16.7 Å². The largest absolute Gasteiger partial charge is 0.497 e. The zero-order valence-electron chi connectivity index (χ0n) is 16.9. The molecular weight excluding hydrogens is 396 g/mol. The molecule has 0 aromatic heterocycles. The number of likely N-dealkylation sites (N-methyl/N-ethyl adjacent to an activating group) is 1. The van der Waals surface area contributed by atoms with E-state index in [9.17, 15) is 9.59 Å². The van der Waals surface area contributed by atoms with E-state index < -0.39 is 5.25 Å². The van der Waals surface area contributed by atoms with E-state index in [4.69, 9.17) is 4.74 Å². The molecule has 30 heavy (non-hydrogen) atoms. The predicted octanol–water partition coefficient (Wildman–Crippen LogP) is 4.63. The van der Waals surface area contributed by atoms with Crippen LogP contribution in [-0.4, -0.2) is 37.4 Å². The number of amides is 2. The number of thioether (sulfide) groups is 1. The molecule has 3 rings (SSSR count). The van der Waals surface area contributed by atoms with Gasteiger partial charge in [-0.1, -0.05) is 48.5 Å². The van der Waals surface area contributed by atoms with Gasteiger partial charge in [0, 0.05) is 17.6 Å². The first-order valence-electron chi connectivity index (χ1n) is 9.52. The third-order valence-electron chi connectivity index (χ3n) is 4.45. The second kappa shape index (κ2) is 10.5. The lowest BCUT2D eigenvalue weighted by Crippen LogP contribution is -2.37. The SMILES string of the molecule is COc1ccc(NC(=O)CN(C)C(=O)[C@H](Sc2ccccc2)c2ccccc2)cc1. The van der Waals surface area contributed by atoms with E-state index in [1.54, 1.807) is 38.4 Å². The fourth-order valence-corrected chi connectivity index (χ4v) is 4.05. The molecule has 0 radical (unpaired) electrons. The number of methoxy groups -OCH3 is 1. The molecule has 0 spiro atoms. The molecule has 1 atom stereocenters. The number of nitrogens with one attached hydrogen (secondary N) is 1. The average molecular weight is 421 g/mol. The Morgan fingerprint density at radius 3 is 2.13 bits per heavy atom. The van der Waals surface area contributed by atoms with Crippen LogP contribution in [0.1, 0.15) is 10.8 Å². The predicted molar refractivity (Wildman–Crippen MR) is 121 cm³/mol. The maximum absolute atomic E-state index is 13.2. The van der Waals surface area contributed by atoms with Crippen molar-refractivity contribution in [3.8, 4) is 5.75 Å². The third kappa shape index (κ3) is 5.87. The van der Waals surface area contributed by atoms with Crippen LogP contribution < -0.4 is 10.1 Å². The van der Waals surface area contributed by atoms with Crippen molar-refractivity contribution in [2.75, 3.05) is 26.0 Å². The first-order valence-corrected chi connectivity index (χ1v) is 10.4. The van der Waals surface area contributed by atoms with Crippen LogP contribution in [0.2, 0.25) is 0 Å². The van der Waals surface area contributed by atoms with Gasteiger partial charge in [-0.3, -0.25) is 9.59 Å².